The van der Waals surface area contributed by atoms with E-state index >= 15 is 0 Å². The zero-order valence-corrected chi connectivity index (χ0v) is 18.6. The average Bonchev–Trinajstić information content (AvgIpc) is 2.78. The highest BCUT2D eigenvalue weighted by Crippen LogP contribution is 2.40. The van der Waals surface area contributed by atoms with Crippen molar-refractivity contribution in [2.24, 2.45) is 0 Å². The maximum absolute atomic E-state index is 13.1. The molecule has 0 saturated carbocycles. The van der Waals surface area contributed by atoms with Gasteiger partial charge in [-0.3, -0.25) is 4.79 Å². The summed E-state index contributed by atoms with van der Waals surface area (Å²) in [7, 11) is 0. The Labute approximate surface area is 187 Å². The maximum Gasteiger partial charge on any atom is 0.293 e. The lowest BCUT2D eigenvalue weighted by Gasteiger charge is -2.32. The molecule has 0 radical (unpaired) electrons. The second-order valence-electron chi connectivity index (χ2n) is 7.59. The minimum absolute atomic E-state index is 0.112. The van der Waals surface area contributed by atoms with Crippen molar-refractivity contribution in [1.82, 2.24) is 10.1 Å². The molecule has 0 bridgehead atoms. The van der Waals surface area contributed by atoms with Gasteiger partial charge in [0.15, 0.2) is 0 Å². The van der Waals surface area contributed by atoms with Gasteiger partial charge >= 0.3 is 0 Å². The molecule has 7 heteroatoms. The molecule has 2 aromatic carbocycles. The topological polar surface area (TPSA) is 73.0 Å². The van der Waals surface area contributed by atoms with Gasteiger partial charge in [-0.2, -0.15) is 0 Å². The lowest BCUT2D eigenvalue weighted by molar-refractivity contribution is -0.764. The van der Waals surface area contributed by atoms with Crippen molar-refractivity contribution in [3.63, 3.8) is 0 Å². The van der Waals surface area contributed by atoms with E-state index in [-0.39, 0.29) is 11.8 Å². The van der Waals surface area contributed by atoms with Crippen LogP contribution in [0.4, 0.5) is 5.69 Å². The van der Waals surface area contributed by atoms with E-state index in [0.717, 1.165) is 24.2 Å². The minimum Gasteiger partial charge on any atom is -0.854 e. The lowest BCUT2D eigenvalue weighted by Crippen LogP contribution is -2.58. The molecule has 160 valence electrons. The van der Waals surface area contributed by atoms with Gasteiger partial charge in [0.1, 0.15) is 0 Å². The highest BCUT2D eigenvalue weighted by molar-refractivity contribution is 7.99. The normalized spacial score (nSPS) is 14.8. The monoisotopic (exact) mass is 434 g/mol. The summed E-state index contributed by atoms with van der Waals surface area (Å²) in [6, 6.07) is 17.1. The Hall–Kier alpha value is -2.93. The number of rotatable bonds is 7. The van der Waals surface area contributed by atoms with Crippen molar-refractivity contribution in [2.75, 3.05) is 10.7 Å². The number of aromatic nitrogens is 3. The molecule has 2 heterocycles. The first-order chi connectivity index (χ1) is 15.1. The zero-order valence-electron chi connectivity index (χ0n) is 17.8. The van der Waals surface area contributed by atoms with Crippen LogP contribution in [0.1, 0.15) is 51.3 Å². The van der Waals surface area contributed by atoms with Gasteiger partial charge in [-0.15, -0.1) is 0 Å². The van der Waals surface area contributed by atoms with Crippen molar-refractivity contribution in [3.05, 3.63) is 60.2 Å². The first kappa shape index (κ1) is 21.3. The predicted octanol–water partition coefficient (Wildman–Crippen LogP) is 4.09. The number of para-hydroxylation sites is 1. The number of unbranched alkanes of at least 4 members (excludes halogenated alkanes) is 3. The molecule has 4 rings (SSSR count). The molecule has 1 aliphatic heterocycles. The summed E-state index contributed by atoms with van der Waals surface area (Å²) in [5.74, 6) is 0.434. The number of carbonyl (C=O) groups excluding carboxylic acids is 1. The second-order valence-corrected chi connectivity index (χ2v) is 8.65. The number of fused-ring (bicyclic) bond motifs is 3. The Balaban J connectivity index is 1.82. The SMILES string of the molecule is CCCCCCSc1nc([O-])c2[n+](n1)C(c1ccccc1)N(C(C)=O)c1ccccc1-2. The molecule has 6 nitrogen and oxygen atoms in total. The number of amides is 1. The van der Waals surface area contributed by atoms with Crippen LogP contribution in [-0.2, 0) is 4.79 Å². The van der Waals surface area contributed by atoms with Gasteiger partial charge in [0.2, 0.25) is 5.91 Å². The van der Waals surface area contributed by atoms with E-state index in [9.17, 15) is 9.90 Å². The molecule has 0 fully saturated rings. The molecule has 1 atom stereocenters. The number of nitrogens with zero attached hydrogens (tertiary/aromatic N) is 4. The third kappa shape index (κ3) is 4.28. The van der Waals surface area contributed by atoms with Crippen LogP contribution in [0, 0.1) is 0 Å². The summed E-state index contributed by atoms with van der Waals surface area (Å²) >= 11 is 1.50. The van der Waals surface area contributed by atoms with Crippen LogP contribution in [-0.4, -0.2) is 21.7 Å². The van der Waals surface area contributed by atoms with Crippen LogP contribution in [0.25, 0.3) is 11.3 Å². The fourth-order valence-electron chi connectivity index (χ4n) is 3.95. The van der Waals surface area contributed by atoms with Gasteiger partial charge in [0.25, 0.3) is 17.0 Å². The molecule has 1 amide bonds. The van der Waals surface area contributed by atoms with Crippen LogP contribution in [0.15, 0.2) is 59.8 Å². The van der Waals surface area contributed by atoms with Gasteiger partial charge in [-0.05, 0) is 18.6 Å². The molecule has 1 aromatic heterocycles. The Kier molecular flexibility index (Phi) is 6.51. The molecule has 0 N–H and O–H groups in total. The molecule has 0 aliphatic carbocycles. The number of thioether (sulfide) groups is 1. The van der Waals surface area contributed by atoms with Crippen molar-refractivity contribution in [2.45, 2.75) is 50.9 Å². The van der Waals surface area contributed by atoms with Crippen molar-refractivity contribution >= 4 is 23.4 Å². The van der Waals surface area contributed by atoms with Crippen LogP contribution >= 0.6 is 11.8 Å². The van der Waals surface area contributed by atoms with Gasteiger partial charge < -0.3 is 5.11 Å². The lowest BCUT2D eigenvalue weighted by atomic mass is 10.0. The Bertz CT molecular complexity index is 1070. The van der Waals surface area contributed by atoms with E-state index in [0.29, 0.717) is 22.1 Å². The average molecular weight is 435 g/mol. The van der Waals surface area contributed by atoms with E-state index in [1.54, 1.807) is 16.5 Å². The molecule has 1 aliphatic rings. The maximum atomic E-state index is 13.1. The number of carbonyl (C=O) groups is 1. The summed E-state index contributed by atoms with van der Waals surface area (Å²) < 4.78 is 1.68. The van der Waals surface area contributed by atoms with E-state index < -0.39 is 6.17 Å². The minimum atomic E-state index is -0.543. The third-order valence-electron chi connectivity index (χ3n) is 5.38. The largest absolute Gasteiger partial charge is 0.854 e. The second kappa shape index (κ2) is 9.47. The fraction of sp³-hybridized carbons (Fsp3) is 0.333. The standard InChI is InChI=1S/C24H26N4O2S/c1-3-4-5-11-16-31-24-25-22(30)21-19-14-9-10-15-20(19)27(17(2)29)23(28(21)26-24)18-12-7-6-8-13-18/h6-10,12-15,23H,3-5,11,16H2,1-2H3. The first-order valence-corrected chi connectivity index (χ1v) is 11.7. The van der Waals surface area contributed by atoms with Crippen molar-refractivity contribution in [1.29, 1.82) is 0 Å². The van der Waals surface area contributed by atoms with Crippen LogP contribution in [0.5, 0.6) is 5.88 Å². The van der Waals surface area contributed by atoms with E-state index in [4.69, 9.17) is 5.10 Å². The van der Waals surface area contributed by atoms with E-state index in [2.05, 4.69) is 11.9 Å². The Morgan fingerprint density at radius 1 is 1.10 bits per heavy atom. The van der Waals surface area contributed by atoms with E-state index in [1.165, 1.54) is 24.6 Å². The van der Waals surface area contributed by atoms with Crippen molar-refractivity contribution in [3.8, 4) is 17.1 Å². The molecule has 0 saturated heterocycles. The summed E-state index contributed by atoms with van der Waals surface area (Å²) in [6.07, 6.45) is 4.05. The van der Waals surface area contributed by atoms with Crippen LogP contribution < -0.4 is 14.7 Å². The summed E-state index contributed by atoms with van der Waals surface area (Å²) in [5, 5.41) is 18.4. The molecule has 3 aromatic rings. The highest BCUT2D eigenvalue weighted by Gasteiger charge is 2.43. The number of benzene rings is 2. The van der Waals surface area contributed by atoms with Gasteiger partial charge in [-0.1, -0.05) is 85.1 Å². The fourth-order valence-corrected chi connectivity index (χ4v) is 4.78. The first-order valence-electron chi connectivity index (χ1n) is 10.7. The Morgan fingerprint density at radius 3 is 2.58 bits per heavy atom. The van der Waals surface area contributed by atoms with Gasteiger partial charge in [0.05, 0.1) is 17.1 Å². The van der Waals surface area contributed by atoms with E-state index in [1.807, 2.05) is 54.6 Å². The number of anilines is 1. The predicted molar refractivity (Wildman–Crippen MR) is 120 cm³/mol. The molecule has 31 heavy (non-hydrogen) atoms. The summed E-state index contributed by atoms with van der Waals surface area (Å²) in [6.45, 7) is 3.73. The van der Waals surface area contributed by atoms with Gasteiger partial charge in [-0.25, -0.2) is 9.88 Å². The smallest absolute Gasteiger partial charge is 0.293 e. The Morgan fingerprint density at radius 2 is 1.84 bits per heavy atom. The quantitative estimate of drug-likeness (QED) is 0.318. The zero-order chi connectivity index (χ0) is 21.8. The van der Waals surface area contributed by atoms with Gasteiger partial charge in [0, 0.05) is 23.3 Å². The number of hydrogen-bond acceptors (Lipinski definition) is 5. The number of hydrogen-bond donors (Lipinski definition) is 0. The van der Waals surface area contributed by atoms with Crippen molar-refractivity contribution < 1.29 is 14.6 Å². The molecular formula is C24H26N4O2S. The molecule has 1 unspecified atom stereocenters. The summed E-state index contributed by atoms with van der Waals surface area (Å²) in [5.41, 5.74) is 2.67. The molecular weight excluding hydrogens is 408 g/mol. The van der Waals surface area contributed by atoms with Crippen LogP contribution in [0.2, 0.25) is 0 Å². The molecule has 0 spiro atoms. The van der Waals surface area contributed by atoms with Crippen LogP contribution in [0.3, 0.4) is 0 Å². The third-order valence-corrected chi connectivity index (χ3v) is 6.31. The summed E-state index contributed by atoms with van der Waals surface area (Å²) in [4.78, 5) is 18.8. The highest BCUT2D eigenvalue weighted by atomic mass is 32.2.